The van der Waals surface area contributed by atoms with Crippen molar-refractivity contribution in [3.8, 4) is 0 Å². The van der Waals surface area contributed by atoms with Crippen molar-refractivity contribution in [3.05, 3.63) is 0 Å². The predicted molar refractivity (Wildman–Crippen MR) is 27.8 cm³/mol. The maximum absolute atomic E-state index is 10.5. The summed E-state index contributed by atoms with van der Waals surface area (Å²) in [5, 5.41) is 0. The van der Waals surface area contributed by atoms with Crippen LogP contribution in [0.3, 0.4) is 0 Å². The van der Waals surface area contributed by atoms with Gasteiger partial charge in [0.05, 0.1) is 0 Å². The van der Waals surface area contributed by atoms with Crippen LogP contribution in [0, 0.1) is 0 Å². The molecule has 5 nitrogen and oxygen atoms in total. The SMILES string of the molecule is COC1OCC(=O)OC1=O. The number of methoxy groups -OCH3 is 1. The van der Waals surface area contributed by atoms with Gasteiger partial charge in [0, 0.05) is 7.11 Å². The molecule has 0 amide bonds. The second-order valence-corrected chi connectivity index (χ2v) is 1.67. The number of carbonyl (C=O) groups is 2. The van der Waals surface area contributed by atoms with Crippen LogP contribution in [-0.2, 0) is 23.8 Å². The Morgan fingerprint density at radius 3 is 2.80 bits per heavy atom. The van der Waals surface area contributed by atoms with Crippen molar-refractivity contribution in [1.82, 2.24) is 0 Å². The van der Waals surface area contributed by atoms with E-state index in [9.17, 15) is 9.59 Å². The van der Waals surface area contributed by atoms with Crippen LogP contribution >= 0.6 is 0 Å². The maximum Gasteiger partial charge on any atom is 0.371 e. The zero-order valence-corrected chi connectivity index (χ0v) is 5.33. The first-order valence-electron chi connectivity index (χ1n) is 2.63. The minimum atomic E-state index is -1.04. The van der Waals surface area contributed by atoms with Crippen LogP contribution in [0.15, 0.2) is 0 Å². The van der Waals surface area contributed by atoms with Gasteiger partial charge >= 0.3 is 11.9 Å². The van der Waals surface area contributed by atoms with Gasteiger partial charge < -0.3 is 14.2 Å². The Kier molecular flexibility index (Phi) is 1.98. The number of hydrogen-bond donors (Lipinski definition) is 0. The lowest BCUT2D eigenvalue weighted by molar-refractivity contribution is -0.211. The van der Waals surface area contributed by atoms with Gasteiger partial charge in [0.25, 0.3) is 6.29 Å². The Hall–Kier alpha value is -0.940. The smallest absolute Gasteiger partial charge is 0.371 e. The predicted octanol–water partition coefficient (Wildman–Crippen LogP) is -0.941. The summed E-state index contributed by atoms with van der Waals surface area (Å²) in [7, 11) is 1.29. The van der Waals surface area contributed by atoms with Gasteiger partial charge in [-0.15, -0.1) is 0 Å². The fourth-order valence-corrected chi connectivity index (χ4v) is 0.566. The normalized spacial score (nSPS) is 26.3. The van der Waals surface area contributed by atoms with E-state index in [1.165, 1.54) is 7.11 Å². The molecule has 5 heteroatoms. The fourth-order valence-electron chi connectivity index (χ4n) is 0.566. The maximum atomic E-state index is 10.5. The molecule has 1 heterocycles. The van der Waals surface area contributed by atoms with Gasteiger partial charge in [-0.05, 0) is 0 Å². The van der Waals surface area contributed by atoms with E-state index in [1.54, 1.807) is 0 Å². The van der Waals surface area contributed by atoms with Gasteiger partial charge in [0.2, 0.25) is 0 Å². The standard InChI is InChI=1S/C5H6O5/c1-8-5-4(7)10-3(6)2-9-5/h5H,2H2,1H3. The second-order valence-electron chi connectivity index (χ2n) is 1.67. The third kappa shape index (κ3) is 1.31. The molecule has 1 fully saturated rings. The molecule has 0 aromatic carbocycles. The zero-order valence-electron chi connectivity index (χ0n) is 5.33. The molecule has 0 bridgehead atoms. The molecule has 0 saturated carbocycles. The lowest BCUT2D eigenvalue weighted by atomic mass is 10.5. The number of hydrogen-bond acceptors (Lipinski definition) is 5. The summed E-state index contributed by atoms with van der Waals surface area (Å²) >= 11 is 0. The van der Waals surface area contributed by atoms with Crippen molar-refractivity contribution >= 4 is 11.9 Å². The number of ether oxygens (including phenoxy) is 3. The third-order valence-electron chi connectivity index (χ3n) is 0.974. The van der Waals surface area contributed by atoms with E-state index >= 15 is 0 Å². The highest BCUT2D eigenvalue weighted by atomic mass is 16.7. The largest absolute Gasteiger partial charge is 0.388 e. The quantitative estimate of drug-likeness (QED) is 0.353. The van der Waals surface area contributed by atoms with Gasteiger partial charge in [-0.2, -0.15) is 0 Å². The lowest BCUT2D eigenvalue weighted by Gasteiger charge is -2.17. The Balaban J connectivity index is 2.51. The number of cyclic esters (lactones) is 2. The first-order valence-corrected chi connectivity index (χ1v) is 2.63. The highest BCUT2D eigenvalue weighted by molar-refractivity contribution is 5.89. The number of rotatable bonds is 1. The van der Waals surface area contributed by atoms with Crippen LogP contribution in [0.5, 0.6) is 0 Å². The number of carbonyl (C=O) groups excluding carboxylic acids is 2. The van der Waals surface area contributed by atoms with E-state index in [0.717, 1.165) is 0 Å². The van der Waals surface area contributed by atoms with E-state index in [2.05, 4.69) is 14.2 Å². The fraction of sp³-hybridized carbons (Fsp3) is 0.600. The second kappa shape index (κ2) is 2.76. The summed E-state index contributed by atoms with van der Waals surface area (Å²) in [6.07, 6.45) is -1.04. The van der Waals surface area contributed by atoms with E-state index in [-0.39, 0.29) is 6.61 Å². The Morgan fingerprint density at radius 2 is 2.30 bits per heavy atom. The molecular formula is C5H6O5. The number of esters is 2. The van der Waals surface area contributed by atoms with Gasteiger partial charge in [0.1, 0.15) is 6.61 Å². The Labute approximate surface area is 56.9 Å². The van der Waals surface area contributed by atoms with E-state index in [0.29, 0.717) is 0 Å². The van der Waals surface area contributed by atoms with Crippen molar-refractivity contribution in [3.63, 3.8) is 0 Å². The van der Waals surface area contributed by atoms with Crippen LogP contribution in [0.25, 0.3) is 0 Å². The minimum Gasteiger partial charge on any atom is -0.388 e. The van der Waals surface area contributed by atoms with Crippen molar-refractivity contribution in [2.24, 2.45) is 0 Å². The molecule has 0 spiro atoms. The van der Waals surface area contributed by atoms with Crippen LogP contribution in [0.4, 0.5) is 0 Å². The molecule has 0 aromatic rings. The van der Waals surface area contributed by atoms with E-state index in [4.69, 9.17) is 0 Å². The topological polar surface area (TPSA) is 61.8 Å². The minimum absolute atomic E-state index is 0.232. The highest BCUT2D eigenvalue weighted by Crippen LogP contribution is 2.03. The molecule has 1 unspecified atom stereocenters. The molecule has 1 aliphatic rings. The molecule has 56 valence electrons. The van der Waals surface area contributed by atoms with Gasteiger partial charge in [-0.3, -0.25) is 0 Å². The molecule has 10 heavy (non-hydrogen) atoms. The Morgan fingerprint density at radius 1 is 1.60 bits per heavy atom. The van der Waals surface area contributed by atoms with Crippen LogP contribution < -0.4 is 0 Å². The van der Waals surface area contributed by atoms with Crippen molar-refractivity contribution in [1.29, 1.82) is 0 Å². The summed E-state index contributed by atoms with van der Waals surface area (Å²) in [5.74, 6) is -1.47. The molecule has 0 aromatic heterocycles. The van der Waals surface area contributed by atoms with Gasteiger partial charge in [0.15, 0.2) is 0 Å². The monoisotopic (exact) mass is 146 g/mol. The van der Waals surface area contributed by atoms with E-state index < -0.39 is 18.2 Å². The molecule has 0 radical (unpaired) electrons. The summed E-state index contributed by atoms with van der Waals surface area (Å²) in [4.78, 5) is 20.9. The van der Waals surface area contributed by atoms with E-state index in [1.807, 2.05) is 0 Å². The average molecular weight is 146 g/mol. The summed E-state index contributed by atoms with van der Waals surface area (Å²) in [6, 6.07) is 0. The van der Waals surface area contributed by atoms with Crippen LogP contribution in [0.2, 0.25) is 0 Å². The summed E-state index contributed by atoms with van der Waals surface area (Å²) in [5.41, 5.74) is 0. The van der Waals surface area contributed by atoms with Crippen molar-refractivity contribution < 1.29 is 23.8 Å². The molecule has 1 aliphatic heterocycles. The van der Waals surface area contributed by atoms with Gasteiger partial charge in [-0.25, -0.2) is 9.59 Å². The van der Waals surface area contributed by atoms with Gasteiger partial charge in [-0.1, -0.05) is 0 Å². The zero-order chi connectivity index (χ0) is 7.56. The molecule has 1 rings (SSSR count). The van der Waals surface area contributed by atoms with Crippen LogP contribution in [0.1, 0.15) is 0 Å². The molecule has 1 atom stereocenters. The highest BCUT2D eigenvalue weighted by Gasteiger charge is 2.29. The first-order chi connectivity index (χ1) is 4.74. The lowest BCUT2D eigenvalue weighted by Crippen LogP contribution is -2.38. The first kappa shape index (κ1) is 7.17. The Bertz CT molecular complexity index is 163. The van der Waals surface area contributed by atoms with Crippen LogP contribution in [-0.4, -0.2) is 31.9 Å². The molecule has 0 N–H and O–H groups in total. The summed E-state index contributed by atoms with van der Waals surface area (Å²) < 4.78 is 13.3. The molecule has 0 aliphatic carbocycles. The third-order valence-corrected chi connectivity index (χ3v) is 0.974. The average Bonchev–Trinajstić information content (AvgIpc) is 1.88. The summed E-state index contributed by atoms with van der Waals surface area (Å²) in [6.45, 7) is -0.232. The molecular weight excluding hydrogens is 140 g/mol. The van der Waals surface area contributed by atoms with Crippen molar-refractivity contribution in [2.75, 3.05) is 13.7 Å². The molecule has 1 saturated heterocycles. The van der Waals surface area contributed by atoms with Crippen molar-refractivity contribution in [2.45, 2.75) is 6.29 Å².